The molecule has 51 heavy (non-hydrogen) atoms. The van der Waals surface area contributed by atoms with Crippen molar-refractivity contribution in [3.05, 3.63) is 193 Å². The predicted molar refractivity (Wildman–Crippen MR) is 205 cm³/mol. The molecule has 0 bridgehead atoms. The summed E-state index contributed by atoms with van der Waals surface area (Å²) in [7, 11) is 0. The van der Waals surface area contributed by atoms with Crippen LogP contribution < -0.4 is 10.2 Å². The van der Waals surface area contributed by atoms with Gasteiger partial charge in [-0.05, 0) is 55.9 Å². The molecule has 4 nitrogen and oxygen atoms in total. The number of hydrogen-bond donors (Lipinski definition) is 0. The first-order valence-electron chi connectivity index (χ1n) is 16.4. The van der Waals surface area contributed by atoms with E-state index >= 15 is 0 Å². The molecule has 0 spiro atoms. The van der Waals surface area contributed by atoms with Gasteiger partial charge in [0.05, 0.1) is 11.4 Å². The zero-order valence-electron chi connectivity index (χ0n) is 27.5. The van der Waals surface area contributed by atoms with Crippen LogP contribution in [-0.4, -0.2) is 12.4 Å². The molecular formula is C46H32CoN2O2. The second kappa shape index (κ2) is 16.4. The summed E-state index contributed by atoms with van der Waals surface area (Å²) in [4.78, 5) is 9.28. The maximum absolute atomic E-state index is 12.3. The van der Waals surface area contributed by atoms with E-state index in [9.17, 15) is 10.2 Å². The Labute approximate surface area is 308 Å². The molecule has 0 atom stereocenters. The van der Waals surface area contributed by atoms with Crippen molar-refractivity contribution in [3.8, 4) is 33.8 Å². The van der Waals surface area contributed by atoms with Crippen LogP contribution >= 0.6 is 0 Å². The fourth-order valence-corrected chi connectivity index (χ4v) is 5.98. The Bertz CT molecular complexity index is 2290. The third-order valence-corrected chi connectivity index (χ3v) is 8.50. The summed E-state index contributed by atoms with van der Waals surface area (Å²) in [6.07, 6.45) is 3.37. The molecule has 0 heterocycles. The molecule has 0 amide bonds. The monoisotopic (exact) mass is 703 g/mol. The van der Waals surface area contributed by atoms with E-state index < -0.39 is 0 Å². The second-order valence-corrected chi connectivity index (χ2v) is 11.7. The van der Waals surface area contributed by atoms with E-state index in [1.807, 2.05) is 146 Å². The van der Waals surface area contributed by atoms with Crippen molar-refractivity contribution >= 4 is 45.3 Å². The van der Waals surface area contributed by atoms with E-state index in [0.717, 1.165) is 55.2 Å². The number of nitrogens with zero attached hydrogens (tertiary/aromatic N) is 2. The Morgan fingerprint density at radius 3 is 1.14 bits per heavy atom. The molecule has 0 fully saturated rings. The molecule has 8 aromatic rings. The molecule has 0 unspecified atom stereocenters. The Hall–Kier alpha value is -6.27. The van der Waals surface area contributed by atoms with Crippen LogP contribution in [0.25, 0.3) is 43.8 Å². The quantitative estimate of drug-likeness (QED) is 0.162. The molecule has 0 N–H and O–H groups in total. The average Bonchev–Trinajstić information content (AvgIpc) is 3.18. The van der Waals surface area contributed by atoms with Gasteiger partial charge >= 0.3 is 16.8 Å². The van der Waals surface area contributed by atoms with Gasteiger partial charge in [-0.1, -0.05) is 181 Å². The summed E-state index contributed by atoms with van der Waals surface area (Å²) in [5, 5.41) is 28.6. The Morgan fingerprint density at radius 1 is 0.353 bits per heavy atom. The van der Waals surface area contributed by atoms with Crippen LogP contribution in [0.2, 0.25) is 0 Å². The fraction of sp³-hybridized carbons (Fsp3) is 0. The Kier molecular flexibility index (Phi) is 11.1. The standard InChI is InChI=1S/2C23H17NO.Co/c2*25-23-15-14-18-10-4-5-11-19(18)21(23)16-24-22-13-7-6-12-20(22)17-8-2-1-3-9-17;/h2*1-16,25H;/q;;+2/p-2. The summed E-state index contributed by atoms with van der Waals surface area (Å²) in [6, 6.07) is 58.9. The molecule has 0 saturated carbocycles. The Morgan fingerprint density at radius 2 is 0.706 bits per heavy atom. The minimum Gasteiger partial charge on any atom is -0.872 e. The average molecular weight is 704 g/mol. The van der Waals surface area contributed by atoms with Gasteiger partial charge in [0.15, 0.2) is 0 Å². The molecule has 247 valence electrons. The minimum absolute atomic E-state index is 0. The molecule has 5 heteroatoms. The van der Waals surface area contributed by atoms with Crippen molar-refractivity contribution < 1.29 is 27.0 Å². The van der Waals surface area contributed by atoms with Crippen molar-refractivity contribution in [2.75, 3.05) is 0 Å². The van der Waals surface area contributed by atoms with Gasteiger partial charge in [-0.2, -0.15) is 0 Å². The topological polar surface area (TPSA) is 70.8 Å². The number of benzene rings is 8. The summed E-state index contributed by atoms with van der Waals surface area (Å²) >= 11 is 0. The van der Waals surface area contributed by atoms with E-state index in [2.05, 4.69) is 34.3 Å². The molecule has 1 radical (unpaired) electrons. The van der Waals surface area contributed by atoms with Crippen LogP contribution in [-0.2, 0) is 16.8 Å². The van der Waals surface area contributed by atoms with Crippen molar-refractivity contribution in [2.45, 2.75) is 0 Å². The molecule has 0 aliphatic heterocycles. The normalized spacial score (nSPS) is 11.0. The second-order valence-electron chi connectivity index (χ2n) is 11.7. The summed E-state index contributed by atoms with van der Waals surface area (Å²) in [5.41, 5.74) is 7.26. The molecule has 0 aromatic heterocycles. The van der Waals surface area contributed by atoms with Crippen LogP contribution in [0.5, 0.6) is 11.5 Å². The van der Waals surface area contributed by atoms with Crippen molar-refractivity contribution in [2.24, 2.45) is 9.98 Å². The maximum atomic E-state index is 12.3. The third kappa shape index (κ3) is 7.97. The van der Waals surface area contributed by atoms with Gasteiger partial charge in [0.2, 0.25) is 0 Å². The smallest absolute Gasteiger partial charge is 0.872 e. The van der Waals surface area contributed by atoms with Gasteiger partial charge in [-0.3, -0.25) is 9.98 Å². The van der Waals surface area contributed by atoms with Crippen LogP contribution in [0.15, 0.2) is 192 Å². The van der Waals surface area contributed by atoms with Gasteiger partial charge in [0, 0.05) is 23.6 Å². The van der Waals surface area contributed by atoms with Gasteiger partial charge in [-0.15, -0.1) is 0 Å². The molecule has 8 rings (SSSR count). The third-order valence-electron chi connectivity index (χ3n) is 8.50. The predicted octanol–water partition coefficient (Wildman–Crippen LogP) is 10.7. The first-order chi connectivity index (χ1) is 24.7. The largest absolute Gasteiger partial charge is 2.00 e. The molecular weight excluding hydrogens is 671 g/mol. The van der Waals surface area contributed by atoms with Crippen molar-refractivity contribution in [3.63, 3.8) is 0 Å². The van der Waals surface area contributed by atoms with Crippen LogP contribution in [0.1, 0.15) is 11.1 Å². The molecule has 8 aromatic carbocycles. The number of rotatable bonds is 6. The van der Waals surface area contributed by atoms with E-state index in [1.54, 1.807) is 24.6 Å². The van der Waals surface area contributed by atoms with Gasteiger partial charge in [0.1, 0.15) is 0 Å². The Balaban J connectivity index is 0.000000172. The SMILES string of the molecule is [Co+2].[O-]c1ccc2ccccc2c1C=Nc1ccccc1-c1ccccc1.[O-]c1ccc2ccccc2c1C=Nc1ccccc1-c1ccccc1. The van der Waals surface area contributed by atoms with Crippen molar-refractivity contribution in [1.82, 2.24) is 0 Å². The van der Waals surface area contributed by atoms with Gasteiger partial charge in [0.25, 0.3) is 0 Å². The molecule has 0 aliphatic rings. The van der Waals surface area contributed by atoms with Crippen LogP contribution in [0, 0.1) is 0 Å². The van der Waals surface area contributed by atoms with E-state index in [0.29, 0.717) is 11.1 Å². The minimum atomic E-state index is -0.0142. The number of para-hydroxylation sites is 2. The fourth-order valence-electron chi connectivity index (χ4n) is 5.98. The number of hydrogen-bond acceptors (Lipinski definition) is 4. The van der Waals surface area contributed by atoms with Crippen molar-refractivity contribution in [1.29, 1.82) is 0 Å². The molecule has 0 saturated heterocycles. The van der Waals surface area contributed by atoms with Gasteiger partial charge < -0.3 is 10.2 Å². The summed E-state index contributed by atoms with van der Waals surface area (Å²) in [6.45, 7) is 0. The maximum Gasteiger partial charge on any atom is 2.00 e. The van der Waals surface area contributed by atoms with Gasteiger partial charge in [-0.25, -0.2) is 0 Å². The zero-order valence-corrected chi connectivity index (χ0v) is 28.6. The van der Waals surface area contributed by atoms with E-state index in [4.69, 9.17) is 0 Å². The summed E-state index contributed by atoms with van der Waals surface area (Å²) in [5.74, 6) is -0.0284. The number of fused-ring (bicyclic) bond motifs is 2. The zero-order chi connectivity index (χ0) is 34.1. The summed E-state index contributed by atoms with van der Waals surface area (Å²) < 4.78 is 0. The first-order valence-corrected chi connectivity index (χ1v) is 16.4. The van der Waals surface area contributed by atoms with E-state index in [1.165, 1.54) is 0 Å². The van der Waals surface area contributed by atoms with Crippen LogP contribution in [0.3, 0.4) is 0 Å². The van der Waals surface area contributed by atoms with E-state index in [-0.39, 0.29) is 28.3 Å². The number of aliphatic imine (C=N–C) groups is 2. The molecule has 0 aliphatic carbocycles. The van der Waals surface area contributed by atoms with Crippen LogP contribution in [0.4, 0.5) is 11.4 Å². The first kappa shape index (κ1) is 34.6.